The Hall–Kier alpha value is -1.50. The summed E-state index contributed by atoms with van der Waals surface area (Å²) >= 11 is 0. The zero-order valence-electron chi connectivity index (χ0n) is 11.7. The van der Waals surface area contributed by atoms with E-state index in [4.69, 9.17) is 0 Å². The van der Waals surface area contributed by atoms with Crippen molar-refractivity contribution in [1.82, 2.24) is 0 Å². The minimum Gasteiger partial charge on any atom is -0.0774 e. The summed E-state index contributed by atoms with van der Waals surface area (Å²) < 4.78 is 0. The Morgan fingerprint density at radius 2 is 1.67 bits per heavy atom. The number of aryl methyl sites for hydroxylation is 2. The second kappa shape index (κ2) is 4.01. The molecule has 0 fully saturated rings. The third-order valence-corrected chi connectivity index (χ3v) is 4.46. The van der Waals surface area contributed by atoms with Crippen molar-refractivity contribution in [2.45, 2.75) is 34.0 Å². The van der Waals surface area contributed by atoms with Gasteiger partial charge in [0.05, 0.1) is 0 Å². The van der Waals surface area contributed by atoms with Gasteiger partial charge in [-0.3, -0.25) is 0 Å². The van der Waals surface area contributed by atoms with Gasteiger partial charge in [0.2, 0.25) is 6.71 Å². The second-order valence-corrected chi connectivity index (χ2v) is 5.68. The standard InChI is InChI=1S/C17H19B/c1-11-5-7-14-10-15-8-6-12(2)13(3)17(15)18(4)16(14)9-11/h5-9H,10H2,1-4H3. The average molecular weight is 234 g/mol. The normalized spacial score (nSPS) is 13.2. The van der Waals surface area contributed by atoms with Crippen molar-refractivity contribution in [2.75, 3.05) is 0 Å². The molecule has 1 heteroatoms. The molecule has 0 nitrogen and oxygen atoms in total. The molecule has 90 valence electrons. The van der Waals surface area contributed by atoms with Crippen LogP contribution in [0.15, 0.2) is 30.3 Å². The van der Waals surface area contributed by atoms with Gasteiger partial charge in [0, 0.05) is 0 Å². The Labute approximate surface area is 110 Å². The Morgan fingerprint density at radius 1 is 0.944 bits per heavy atom. The van der Waals surface area contributed by atoms with Gasteiger partial charge >= 0.3 is 0 Å². The SMILES string of the molecule is CB1c2cc(C)ccc2Cc2ccc(C)c(C)c21. The zero-order valence-corrected chi connectivity index (χ0v) is 11.7. The first-order valence-corrected chi connectivity index (χ1v) is 6.76. The van der Waals surface area contributed by atoms with Crippen LogP contribution in [0, 0.1) is 20.8 Å². The van der Waals surface area contributed by atoms with Gasteiger partial charge in [0.1, 0.15) is 0 Å². The van der Waals surface area contributed by atoms with Gasteiger partial charge in [-0.15, -0.1) is 0 Å². The summed E-state index contributed by atoms with van der Waals surface area (Å²) in [4.78, 5) is 0. The van der Waals surface area contributed by atoms with E-state index in [1.54, 1.807) is 5.46 Å². The molecule has 2 aromatic rings. The second-order valence-electron chi connectivity index (χ2n) is 5.68. The smallest absolute Gasteiger partial charge is 0.0774 e. The van der Waals surface area contributed by atoms with Crippen molar-refractivity contribution in [3.05, 3.63) is 58.1 Å². The molecule has 0 radical (unpaired) electrons. The predicted molar refractivity (Wildman–Crippen MR) is 80.8 cm³/mol. The van der Waals surface area contributed by atoms with Crippen molar-refractivity contribution in [2.24, 2.45) is 0 Å². The highest BCUT2D eigenvalue weighted by Crippen LogP contribution is 2.18. The molecule has 0 saturated heterocycles. The molecule has 18 heavy (non-hydrogen) atoms. The minimum atomic E-state index is 0.531. The lowest BCUT2D eigenvalue weighted by Gasteiger charge is -2.27. The summed E-state index contributed by atoms with van der Waals surface area (Å²) in [7, 11) is 0. The first kappa shape index (κ1) is 11.6. The van der Waals surface area contributed by atoms with Crippen LogP contribution in [-0.2, 0) is 6.42 Å². The average Bonchev–Trinajstić information content (AvgIpc) is 2.35. The summed E-state index contributed by atoms with van der Waals surface area (Å²) in [6, 6.07) is 11.5. The summed E-state index contributed by atoms with van der Waals surface area (Å²) in [5, 5.41) is 0. The van der Waals surface area contributed by atoms with Crippen LogP contribution < -0.4 is 10.9 Å². The van der Waals surface area contributed by atoms with Gasteiger partial charge in [0.15, 0.2) is 0 Å². The van der Waals surface area contributed by atoms with Gasteiger partial charge in [0.25, 0.3) is 0 Å². The Bertz CT molecular complexity index is 626. The van der Waals surface area contributed by atoms with Crippen LogP contribution in [0.5, 0.6) is 0 Å². The summed E-state index contributed by atoms with van der Waals surface area (Å²) in [5.41, 5.74) is 10.4. The highest BCUT2D eigenvalue weighted by molar-refractivity contribution is 6.85. The van der Waals surface area contributed by atoms with Gasteiger partial charge in [-0.1, -0.05) is 59.2 Å². The fourth-order valence-electron chi connectivity index (χ4n) is 3.29. The van der Waals surface area contributed by atoms with Crippen LogP contribution in [0.2, 0.25) is 6.82 Å². The lowest BCUT2D eigenvalue weighted by Crippen LogP contribution is -2.48. The predicted octanol–water partition coefficient (Wildman–Crippen LogP) is 2.75. The van der Waals surface area contributed by atoms with Crippen LogP contribution in [0.3, 0.4) is 0 Å². The van der Waals surface area contributed by atoms with E-state index < -0.39 is 0 Å². The molecule has 0 bridgehead atoms. The molecular formula is C17H19B. The maximum Gasteiger partial charge on any atom is 0.207 e. The van der Waals surface area contributed by atoms with Gasteiger partial charge in [-0.2, -0.15) is 0 Å². The number of fused-ring (bicyclic) bond motifs is 2. The molecule has 0 saturated carbocycles. The monoisotopic (exact) mass is 234 g/mol. The van der Waals surface area contributed by atoms with E-state index >= 15 is 0 Å². The fraction of sp³-hybridized carbons (Fsp3) is 0.294. The number of benzene rings is 2. The lowest BCUT2D eigenvalue weighted by atomic mass is 9.37. The highest BCUT2D eigenvalue weighted by Gasteiger charge is 2.26. The Morgan fingerprint density at radius 3 is 2.44 bits per heavy atom. The first-order chi connectivity index (χ1) is 8.58. The van der Waals surface area contributed by atoms with Crippen molar-refractivity contribution in [3.8, 4) is 0 Å². The van der Waals surface area contributed by atoms with Crippen molar-refractivity contribution in [1.29, 1.82) is 0 Å². The van der Waals surface area contributed by atoms with E-state index in [1.807, 2.05) is 0 Å². The molecule has 0 amide bonds. The summed E-state index contributed by atoms with van der Waals surface area (Å²) in [6.07, 6.45) is 1.09. The van der Waals surface area contributed by atoms with Crippen molar-refractivity contribution < 1.29 is 0 Å². The van der Waals surface area contributed by atoms with Gasteiger partial charge in [-0.05, 0) is 43.9 Å². The van der Waals surface area contributed by atoms with Crippen molar-refractivity contribution in [3.63, 3.8) is 0 Å². The molecule has 0 unspecified atom stereocenters. The molecule has 0 N–H and O–H groups in total. The maximum absolute atomic E-state index is 2.37. The Balaban J connectivity index is 2.23. The maximum atomic E-state index is 2.37. The molecule has 1 aliphatic heterocycles. The van der Waals surface area contributed by atoms with Crippen LogP contribution in [0.1, 0.15) is 27.8 Å². The van der Waals surface area contributed by atoms with Crippen molar-refractivity contribution >= 4 is 17.6 Å². The van der Waals surface area contributed by atoms with Crippen LogP contribution >= 0.6 is 0 Å². The first-order valence-electron chi connectivity index (χ1n) is 6.76. The van der Waals surface area contributed by atoms with E-state index in [2.05, 4.69) is 57.9 Å². The molecule has 2 aromatic carbocycles. The van der Waals surface area contributed by atoms with Crippen LogP contribution in [-0.4, -0.2) is 6.71 Å². The third kappa shape index (κ3) is 1.61. The lowest BCUT2D eigenvalue weighted by molar-refractivity contribution is 1.18. The van der Waals surface area contributed by atoms with E-state index in [0.29, 0.717) is 6.71 Å². The van der Waals surface area contributed by atoms with E-state index in [9.17, 15) is 0 Å². The molecule has 0 aromatic heterocycles. The molecule has 0 aliphatic carbocycles. The zero-order chi connectivity index (χ0) is 12.9. The topological polar surface area (TPSA) is 0 Å². The number of hydrogen-bond acceptors (Lipinski definition) is 0. The van der Waals surface area contributed by atoms with E-state index in [-0.39, 0.29) is 0 Å². The van der Waals surface area contributed by atoms with Gasteiger partial charge in [-0.25, -0.2) is 0 Å². The number of rotatable bonds is 0. The van der Waals surface area contributed by atoms with E-state index in [1.165, 1.54) is 33.3 Å². The fourth-order valence-corrected chi connectivity index (χ4v) is 3.29. The molecule has 1 aliphatic rings. The summed E-state index contributed by atoms with van der Waals surface area (Å²) in [5.74, 6) is 0. The molecule has 0 spiro atoms. The highest BCUT2D eigenvalue weighted by atomic mass is 14.2. The molecule has 0 atom stereocenters. The quantitative estimate of drug-likeness (QED) is 0.615. The third-order valence-electron chi connectivity index (χ3n) is 4.46. The summed E-state index contributed by atoms with van der Waals surface area (Å²) in [6.45, 7) is 9.55. The largest absolute Gasteiger partial charge is 0.207 e. The van der Waals surface area contributed by atoms with Gasteiger partial charge < -0.3 is 0 Å². The number of hydrogen-bond donors (Lipinski definition) is 0. The molecule has 1 heterocycles. The minimum absolute atomic E-state index is 0.531. The van der Waals surface area contributed by atoms with Crippen LogP contribution in [0.25, 0.3) is 0 Å². The Kier molecular flexibility index (Phi) is 2.58. The van der Waals surface area contributed by atoms with E-state index in [0.717, 1.165) is 6.42 Å². The van der Waals surface area contributed by atoms with Crippen LogP contribution in [0.4, 0.5) is 0 Å². The molecule has 3 rings (SSSR count). The molecular weight excluding hydrogens is 215 g/mol.